The molecule has 0 saturated carbocycles. The van der Waals surface area contributed by atoms with Crippen molar-refractivity contribution in [3.63, 3.8) is 0 Å². The van der Waals surface area contributed by atoms with Crippen LogP contribution in [0.2, 0.25) is 0 Å². The van der Waals surface area contributed by atoms with Gasteiger partial charge in [0.1, 0.15) is 0 Å². The normalized spacial score (nSPS) is 11.6. The van der Waals surface area contributed by atoms with Gasteiger partial charge in [-0.1, -0.05) is 0 Å². The maximum Gasteiger partial charge on any atom is 0.695 e. The van der Waals surface area contributed by atoms with Crippen LogP contribution in [0, 0.1) is 0 Å². The molecule has 0 aliphatic rings. The van der Waals surface area contributed by atoms with Gasteiger partial charge in [-0.2, -0.15) is 0 Å². The van der Waals surface area contributed by atoms with Gasteiger partial charge >= 0.3 is 8.25 Å². The maximum absolute atomic E-state index is 9.89. The highest BCUT2D eigenvalue weighted by atomic mass is 32.2. The van der Waals surface area contributed by atoms with E-state index in [1.165, 1.54) is 11.8 Å². The second-order valence-corrected chi connectivity index (χ2v) is 3.05. The third-order valence-corrected chi connectivity index (χ3v) is 1.86. The van der Waals surface area contributed by atoms with Gasteiger partial charge in [-0.05, 0) is 0 Å². The van der Waals surface area contributed by atoms with Crippen LogP contribution >= 0.6 is 20.0 Å². The van der Waals surface area contributed by atoms with Crippen LogP contribution in [-0.4, -0.2) is 23.2 Å². The lowest BCUT2D eigenvalue weighted by molar-refractivity contribution is 0.154. The highest BCUT2D eigenvalue weighted by Crippen LogP contribution is 2.17. The molecule has 1 unspecified atom stereocenters. The van der Waals surface area contributed by atoms with Crippen molar-refractivity contribution >= 4 is 20.0 Å². The first kappa shape index (κ1) is 10.3. The fraction of sp³-hybridized carbons (Fsp3) is 1.00. The molecule has 5 nitrogen and oxygen atoms in total. The molecule has 7 heteroatoms. The Morgan fingerprint density at radius 2 is 2.40 bits per heavy atom. The summed E-state index contributed by atoms with van der Waals surface area (Å²) in [6.45, 7) is 0.413. The van der Waals surface area contributed by atoms with Crippen LogP contribution in [0.1, 0.15) is 0 Å². The molecular formula is C3H9NO4PS+. The summed E-state index contributed by atoms with van der Waals surface area (Å²) in [5.74, 6) is 5.55. The Morgan fingerprint density at radius 1 is 1.70 bits per heavy atom. The molecule has 0 aliphatic carbocycles. The maximum atomic E-state index is 9.89. The van der Waals surface area contributed by atoms with Crippen molar-refractivity contribution in [2.75, 3.05) is 18.3 Å². The van der Waals surface area contributed by atoms with E-state index in [9.17, 15) is 4.57 Å². The molecule has 0 fully saturated rings. The highest BCUT2D eigenvalue weighted by molar-refractivity contribution is 7.99. The predicted molar refractivity (Wildman–Crippen MR) is 38.4 cm³/mol. The quantitative estimate of drug-likeness (QED) is 0.267. The van der Waals surface area contributed by atoms with Crippen molar-refractivity contribution in [3.8, 4) is 0 Å². The molecule has 0 heterocycles. The minimum atomic E-state index is -2.46. The van der Waals surface area contributed by atoms with E-state index in [0.717, 1.165) is 0 Å². The van der Waals surface area contributed by atoms with Crippen molar-refractivity contribution in [1.29, 1.82) is 0 Å². The fourth-order valence-electron chi connectivity index (χ4n) is 0.248. The summed E-state index contributed by atoms with van der Waals surface area (Å²) in [5.41, 5.74) is 0. The molecule has 3 N–H and O–H groups in total. The van der Waals surface area contributed by atoms with E-state index in [4.69, 9.17) is 10.8 Å². The predicted octanol–water partition coefficient (Wildman–Crippen LogP) is 0.234. The van der Waals surface area contributed by atoms with E-state index < -0.39 is 8.25 Å². The topological polar surface area (TPSA) is 81.8 Å². The molecule has 0 saturated heterocycles. The molecule has 0 rings (SSSR count). The number of thioether (sulfide) groups is 1. The van der Waals surface area contributed by atoms with Crippen LogP contribution in [0.5, 0.6) is 0 Å². The minimum absolute atomic E-state index is 0.190. The largest absolute Gasteiger partial charge is 0.695 e. The zero-order valence-corrected chi connectivity index (χ0v) is 6.94. The third kappa shape index (κ3) is 8.29. The van der Waals surface area contributed by atoms with Crippen molar-refractivity contribution < 1.29 is 18.8 Å². The Kier molecular flexibility index (Phi) is 7.61. The van der Waals surface area contributed by atoms with Crippen molar-refractivity contribution in [2.45, 2.75) is 0 Å². The van der Waals surface area contributed by atoms with Crippen LogP contribution < -0.4 is 5.90 Å². The van der Waals surface area contributed by atoms with Gasteiger partial charge in [0.2, 0.25) is 0 Å². The average molecular weight is 186 g/mol. The van der Waals surface area contributed by atoms with Gasteiger partial charge in [0.15, 0.2) is 5.94 Å². The summed E-state index contributed by atoms with van der Waals surface area (Å²) in [5, 5.41) is 0. The number of rotatable bonds is 6. The van der Waals surface area contributed by atoms with Crippen LogP contribution in [0.25, 0.3) is 0 Å². The molecule has 0 amide bonds. The second-order valence-electron chi connectivity index (χ2n) is 1.26. The van der Waals surface area contributed by atoms with Gasteiger partial charge in [-0.15, -0.1) is 21.2 Å². The molecule has 0 spiro atoms. The molecule has 0 bridgehead atoms. The standard InChI is InChI=1S/C3H8NO4PS/c4-7-1-2-10-3-8-9(5)6/h1-4H2/p+1. The zero-order valence-electron chi connectivity index (χ0n) is 5.23. The number of hydrogen-bond donors (Lipinski definition) is 2. The van der Waals surface area contributed by atoms with Gasteiger partial charge in [-0.3, -0.25) is 0 Å². The van der Waals surface area contributed by atoms with Crippen LogP contribution in [0.15, 0.2) is 0 Å². The monoisotopic (exact) mass is 186 g/mol. The van der Waals surface area contributed by atoms with Crippen LogP contribution in [0.3, 0.4) is 0 Å². The summed E-state index contributed by atoms with van der Waals surface area (Å²) < 4.78 is 14.2. The number of nitrogens with two attached hydrogens (primary N) is 1. The summed E-state index contributed by atoms with van der Waals surface area (Å²) in [6, 6.07) is 0. The SMILES string of the molecule is NOCCSCO[P+](=O)O. The van der Waals surface area contributed by atoms with Gasteiger partial charge in [0.05, 0.1) is 6.61 Å². The van der Waals surface area contributed by atoms with Gasteiger partial charge in [0.25, 0.3) is 0 Å². The molecule has 0 aromatic heterocycles. The summed E-state index contributed by atoms with van der Waals surface area (Å²) in [6.07, 6.45) is 0. The molecule has 0 aromatic carbocycles. The van der Waals surface area contributed by atoms with E-state index >= 15 is 0 Å². The van der Waals surface area contributed by atoms with Crippen molar-refractivity contribution in [3.05, 3.63) is 0 Å². The van der Waals surface area contributed by atoms with E-state index in [0.29, 0.717) is 12.4 Å². The first-order valence-electron chi connectivity index (χ1n) is 2.46. The molecule has 10 heavy (non-hydrogen) atoms. The summed E-state index contributed by atoms with van der Waals surface area (Å²) >= 11 is 1.34. The van der Waals surface area contributed by atoms with E-state index in [1.54, 1.807) is 0 Å². The molecule has 1 atom stereocenters. The van der Waals surface area contributed by atoms with E-state index in [2.05, 4.69) is 9.36 Å². The zero-order chi connectivity index (χ0) is 7.82. The lowest BCUT2D eigenvalue weighted by Gasteiger charge is -1.92. The lowest BCUT2D eigenvalue weighted by atomic mass is 10.9. The minimum Gasteiger partial charge on any atom is -0.304 e. The van der Waals surface area contributed by atoms with Crippen LogP contribution in [0.4, 0.5) is 0 Å². The Labute approximate surface area is 63.8 Å². The summed E-state index contributed by atoms with van der Waals surface area (Å²) in [4.78, 5) is 12.4. The van der Waals surface area contributed by atoms with Gasteiger partial charge in [0, 0.05) is 10.3 Å². The van der Waals surface area contributed by atoms with Crippen molar-refractivity contribution in [2.24, 2.45) is 5.90 Å². The smallest absolute Gasteiger partial charge is 0.304 e. The molecule has 0 aliphatic heterocycles. The molecule has 0 radical (unpaired) electrons. The Morgan fingerprint density at radius 3 is 2.90 bits per heavy atom. The Bertz CT molecular complexity index is 103. The van der Waals surface area contributed by atoms with Crippen molar-refractivity contribution in [1.82, 2.24) is 0 Å². The third-order valence-electron chi connectivity index (χ3n) is 0.592. The fourth-order valence-corrected chi connectivity index (χ4v) is 1.24. The highest BCUT2D eigenvalue weighted by Gasteiger charge is 2.09. The molecular weight excluding hydrogens is 177 g/mol. The van der Waals surface area contributed by atoms with Gasteiger partial charge in [-0.25, -0.2) is 5.90 Å². The molecule has 60 valence electrons. The Hall–Kier alpha value is 0.290. The first-order chi connectivity index (χ1) is 4.77. The summed E-state index contributed by atoms with van der Waals surface area (Å²) in [7, 11) is -2.46. The number of hydrogen-bond acceptors (Lipinski definition) is 5. The first-order valence-corrected chi connectivity index (χ1v) is 4.74. The Balaban J connectivity index is 2.84. The second kappa shape index (κ2) is 7.40. The van der Waals surface area contributed by atoms with Crippen LogP contribution in [-0.2, 0) is 13.9 Å². The average Bonchev–Trinajstić information content (AvgIpc) is 1.87. The van der Waals surface area contributed by atoms with Gasteiger partial charge < -0.3 is 4.84 Å². The molecule has 0 aromatic rings. The lowest BCUT2D eigenvalue weighted by Crippen LogP contribution is -2.03. The van der Waals surface area contributed by atoms with E-state index in [-0.39, 0.29) is 5.94 Å². The van der Waals surface area contributed by atoms with E-state index in [1.807, 2.05) is 0 Å².